The van der Waals surface area contributed by atoms with Crippen molar-refractivity contribution in [2.24, 2.45) is 11.7 Å². The van der Waals surface area contributed by atoms with Crippen LogP contribution < -0.4 is 16.0 Å². The summed E-state index contributed by atoms with van der Waals surface area (Å²) in [6.07, 6.45) is 6.19. The van der Waals surface area contributed by atoms with Gasteiger partial charge in [0.1, 0.15) is 0 Å². The monoisotopic (exact) mass is 289 g/mol. The van der Waals surface area contributed by atoms with Crippen LogP contribution in [0.1, 0.15) is 42.5 Å². The van der Waals surface area contributed by atoms with E-state index in [9.17, 15) is 4.79 Å². The molecule has 116 valence electrons. The van der Waals surface area contributed by atoms with Crippen LogP contribution in [0.15, 0.2) is 24.3 Å². The number of hydrogen-bond acceptors (Lipinski definition) is 3. The summed E-state index contributed by atoms with van der Waals surface area (Å²) in [6, 6.07) is 7.78. The van der Waals surface area contributed by atoms with Crippen molar-refractivity contribution in [1.82, 2.24) is 5.32 Å². The average molecular weight is 289 g/mol. The fourth-order valence-corrected chi connectivity index (χ4v) is 3.07. The van der Waals surface area contributed by atoms with Crippen molar-refractivity contribution in [3.63, 3.8) is 0 Å². The van der Waals surface area contributed by atoms with Gasteiger partial charge in [0, 0.05) is 37.9 Å². The van der Waals surface area contributed by atoms with Gasteiger partial charge in [0.2, 0.25) is 0 Å². The molecule has 1 amide bonds. The van der Waals surface area contributed by atoms with E-state index in [1.807, 2.05) is 43.3 Å². The van der Waals surface area contributed by atoms with Gasteiger partial charge >= 0.3 is 0 Å². The molecule has 1 aliphatic rings. The summed E-state index contributed by atoms with van der Waals surface area (Å²) in [5, 5.41) is 3.12. The Bertz CT molecular complexity index is 450. The Morgan fingerprint density at radius 3 is 2.38 bits per heavy atom. The van der Waals surface area contributed by atoms with E-state index in [4.69, 9.17) is 5.73 Å². The molecule has 1 atom stereocenters. The highest BCUT2D eigenvalue weighted by atomic mass is 16.1. The molecular formula is C17H27N3O. The minimum Gasteiger partial charge on any atom is -0.378 e. The Hall–Kier alpha value is -1.55. The lowest BCUT2D eigenvalue weighted by Gasteiger charge is -2.30. The van der Waals surface area contributed by atoms with Crippen LogP contribution in [0, 0.1) is 5.92 Å². The van der Waals surface area contributed by atoms with Gasteiger partial charge in [-0.15, -0.1) is 0 Å². The van der Waals surface area contributed by atoms with Crippen LogP contribution >= 0.6 is 0 Å². The molecule has 0 saturated heterocycles. The molecule has 1 aromatic rings. The molecular weight excluding hydrogens is 262 g/mol. The number of anilines is 1. The highest BCUT2D eigenvalue weighted by molar-refractivity contribution is 5.94. The van der Waals surface area contributed by atoms with Crippen molar-refractivity contribution in [2.45, 2.75) is 38.1 Å². The summed E-state index contributed by atoms with van der Waals surface area (Å²) in [6.45, 7) is 0.520. The zero-order valence-electron chi connectivity index (χ0n) is 13.1. The summed E-state index contributed by atoms with van der Waals surface area (Å²) in [5.74, 6) is 0.523. The number of nitrogens with two attached hydrogens (primary N) is 1. The molecule has 3 N–H and O–H groups in total. The van der Waals surface area contributed by atoms with Crippen LogP contribution in [0.5, 0.6) is 0 Å². The summed E-state index contributed by atoms with van der Waals surface area (Å²) >= 11 is 0. The van der Waals surface area contributed by atoms with Crippen molar-refractivity contribution in [3.05, 3.63) is 29.8 Å². The van der Waals surface area contributed by atoms with Crippen LogP contribution in [0.3, 0.4) is 0 Å². The van der Waals surface area contributed by atoms with E-state index in [0.717, 1.165) is 5.69 Å². The lowest BCUT2D eigenvalue weighted by molar-refractivity contribution is 0.0915. The van der Waals surface area contributed by atoms with Crippen LogP contribution in [0.2, 0.25) is 0 Å². The quantitative estimate of drug-likeness (QED) is 0.875. The molecule has 1 saturated carbocycles. The Morgan fingerprint density at radius 1 is 1.24 bits per heavy atom. The second-order valence-corrected chi connectivity index (χ2v) is 6.16. The molecule has 0 heterocycles. The Kier molecular flexibility index (Phi) is 5.62. The van der Waals surface area contributed by atoms with Crippen molar-refractivity contribution < 1.29 is 4.79 Å². The Morgan fingerprint density at radius 2 is 1.86 bits per heavy atom. The maximum atomic E-state index is 12.4. The van der Waals surface area contributed by atoms with Gasteiger partial charge in [-0.3, -0.25) is 4.79 Å². The van der Waals surface area contributed by atoms with Gasteiger partial charge in [0.15, 0.2) is 0 Å². The topological polar surface area (TPSA) is 58.4 Å². The van der Waals surface area contributed by atoms with Gasteiger partial charge in [-0.25, -0.2) is 0 Å². The average Bonchev–Trinajstić information content (AvgIpc) is 2.53. The largest absolute Gasteiger partial charge is 0.378 e. The van der Waals surface area contributed by atoms with E-state index in [2.05, 4.69) is 5.32 Å². The van der Waals surface area contributed by atoms with Gasteiger partial charge in [-0.1, -0.05) is 19.3 Å². The zero-order chi connectivity index (χ0) is 15.2. The first-order chi connectivity index (χ1) is 10.1. The molecule has 0 aromatic heterocycles. The fourth-order valence-electron chi connectivity index (χ4n) is 3.07. The fraction of sp³-hybridized carbons (Fsp3) is 0.588. The molecule has 2 rings (SSSR count). The third-order valence-corrected chi connectivity index (χ3v) is 4.44. The highest BCUT2D eigenvalue weighted by Gasteiger charge is 2.24. The molecule has 0 spiro atoms. The summed E-state index contributed by atoms with van der Waals surface area (Å²) < 4.78 is 0. The number of nitrogens with one attached hydrogen (secondary N) is 1. The molecule has 1 aliphatic carbocycles. The van der Waals surface area contributed by atoms with Gasteiger partial charge < -0.3 is 16.0 Å². The van der Waals surface area contributed by atoms with Crippen molar-refractivity contribution >= 4 is 11.6 Å². The maximum absolute atomic E-state index is 12.4. The predicted molar refractivity (Wildman–Crippen MR) is 87.7 cm³/mol. The van der Waals surface area contributed by atoms with Gasteiger partial charge in [0.25, 0.3) is 5.91 Å². The number of benzene rings is 1. The molecule has 0 aliphatic heterocycles. The van der Waals surface area contributed by atoms with Crippen LogP contribution in [0.25, 0.3) is 0 Å². The van der Waals surface area contributed by atoms with Gasteiger partial charge in [-0.05, 0) is 43.0 Å². The second-order valence-electron chi connectivity index (χ2n) is 6.16. The molecule has 1 unspecified atom stereocenters. The second kappa shape index (κ2) is 7.46. The molecule has 1 fully saturated rings. The molecule has 4 nitrogen and oxygen atoms in total. The van der Waals surface area contributed by atoms with Gasteiger partial charge in [0.05, 0.1) is 0 Å². The Labute approximate surface area is 127 Å². The lowest BCUT2D eigenvalue weighted by Crippen LogP contribution is -2.45. The third kappa shape index (κ3) is 4.21. The number of carbonyl (C=O) groups excluding carboxylic acids is 1. The molecule has 0 bridgehead atoms. The summed E-state index contributed by atoms with van der Waals surface area (Å²) in [5.41, 5.74) is 7.67. The normalized spacial score (nSPS) is 17.3. The molecule has 0 radical (unpaired) electrons. The number of nitrogens with zero attached hydrogens (tertiary/aromatic N) is 1. The van der Waals surface area contributed by atoms with Crippen LogP contribution in [0.4, 0.5) is 5.69 Å². The van der Waals surface area contributed by atoms with E-state index >= 15 is 0 Å². The lowest BCUT2D eigenvalue weighted by atomic mass is 9.84. The van der Waals surface area contributed by atoms with Crippen LogP contribution in [-0.2, 0) is 0 Å². The molecule has 21 heavy (non-hydrogen) atoms. The highest BCUT2D eigenvalue weighted by Crippen LogP contribution is 2.26. The minimum atomic E-state index is -0.0127. The zero-order valence-corrected chi connectivity index (χ0v) is 13.1. The van der Waals surface area contributed by atoms with Gasteiger partial charge in [-0.2, -0.15) is 0 Å². The van der Waals surface area contributed by atoms with E-state index in [-0.39, 0.29) is 11.9 Å². The van der Waals surface area contributed by atoms with Crippen molar-refractivity contribution in [1.29, 1.82) is 0 Å². The standard InChI is InChI=1S/C17H27N3O/c1-20(2)15-10-8-14(9-11-15)17(21)19-16(12-18)13-6-4-3-5-7-13/h8-11,13,16H,3-7,12,18H2,1-2H3,(H,19,21). The number of amides is 1. The van der Waals surface area contributed by atoms with Crippen LogP contribution in [-0.4, -0.2) is 32.6 Å². The van der Waals surface area contributed by atoms with Crippen molar-refractivity contribution in [3.8, 4) is 0 Å². The molecule has 4 heteroatoms. The number of hydrogen-bond donors (Lipinski definition) is 2. The smallest absolute Gasteiger partial charge is 0.251 e. The first kappa shape index (κ1) is 15.8. The molecule has 1 aromatic carbocycles. The maximum Gasteiger partial charge on any atom is 0.251 e. The van der Waals surface area contributed by atoms with E-state index in [1.165, 1.54) is 32.1 Å². The van der Waals surface area contributed by atoms with Crippen molar-refractivity contribution in [2.75, 3.05) is 25.5 Å². The third-order valence-electron chi connectivity index (χ3n) is 4.44. The minimum absolute atomic E-state index is 0.0127. The number of carbonyl (C=O) groups is 1. The van der Waals surface area contributed by atoms with E-state index in [0.29, 0.717) is 18.0 Å². The predicted octanol–water partition coefficient (Wildman–Crippen LogP) is 2.39. The summed E-state index contributed by atoms with van der Waals surface area (Å²) in [4.78, 5) is 14.4. The number of rotatable bonds is 5. The van der Waals surface area contributed by atoms with E-state index < -0.39 is 0 Å². The Balaban J connectivity index is 1.98. The first-order valence-corrected chi connectivity index (χ1v) is 7.90. The summed E-state index contributed by atoms with van der Waals surface area (Å²) in [7, 11) is 3.98. The van der Waals surface area contributed by atoms with E-state index in [1.54, 1.807) is 0 Å². The first-order valence-electron chi connectivity index (χ1n) is 7.90. The SMILES string of the molecule is CN(C)c1ccc(C(=O)NC(CN)C2CCCCC2)cc1.